The summed E-state index contributed by atoms with van der Waals surface area (Å²) in [5, 5.41) is 0. The molecule has 0 aromatic carbocycles. The zero-order valence-corrected chi connectivity index (χ0v) is 6.13. The van der Waals surface area contributed by atoms with Crippen LogP contribution in [0.2, 0.25) is 0 Å². The second kappa shape index (κ2) is 6.48. The van der Waals surface area contributed by atoms with E-state index < -0.39 is 0 Å². The van der Waals surface area contributed by atoms with Gasteiger partial charge in [0.25, 0.3) is 0 Å². The van der Waals surface area contributed by atoms with E-state index in [1.807, 2.05) is 12.2 Å². The number of allylic oxidation sites excluding steroid dienone is 4. The minimum atomic E-state index is 1.01. The van der Waals surface area contributed by atoms with Gasteiger partial charge in [-0.25, -0.2) is 12.2 Å². The van der Waals surface area contributed by atoms with Crippen LogP contribution in [0.1, 0.15) is 6.42 Å². The molecule has 36 valence electrons. The first-order valence-corrected chi connectivity index (χ1v) is 4.05. The van der Waals surface area contributed by atoms with Crippen molar-refractivity contribution in [3.8, 4) is 0 Å². The van der Waals surface area contributed by atoms with Gasteiger partial charge in [-0.15, -0.1) is 6.42 Å². The number of halogens is 1. The second-order valence-electron chi connectivity index (χ2n) is 1.00. The van der Waals surface area contributed by atoms with Crippen LogP contribution in [0.4, 0.5) is 0 Å². The second-order valence-corrected chi connectivity index (χ2v) is 1.00. The first-order valence-electron chi connectivity index (χ1n) is 1.91. The zero-order valence-electron chi connectivity index (χ0n) is 3.82. The van der Waals surface area contributed by atoms with Crippen molar-refractivity contribution in [1.29, 1.82) is 0 Å². The number of hydrogen-bond donors (Lipinski definition) is 0. The first kappa shape index (κ1) is 7.48. The minimum absolute atomic E-state index is 1.01. The van der Waals surface area contributed by atoms with Crippen molar-refractivity contribution in [1.82, 2.24) is 0 Å². The summed E-state index contributed by atoms with van der Waals surface area (Å²) in [4.78, 5) is 0. The molecule has 7 heavy (non-hydrogen) atoms. The van der Waals surface area contributed by atoms with E-state index in [-0.39, 0.29) is 0 Å². The van der Waals surface area contributed by atoms with Gasteiger partial charge in [-0.05, 0) is 0 Å². The van der Waals surface area contributed by atoms with Gasteiger partial charge in [-0.3, -0.25) is 6.08 Å². The van der Waals surface area contributed by atoms with Crippen molar-refractivity contribution in [3.63, 3.8) is 0 Å². The third kappa shape index (κ3) is 4.34. The fourth-order valence-electron chi connectivity index (χ4n) is 0.340. The molecule has 0 saturated carbocycles. The first-order chi connectivity index (χ1) is 3.50. The molecule has 0 amide bonds. The Balaban J connectivity index is 0.000000162. The Kier molecular flexibility index (Phi) is 6.93. The van der Waals surface area contributed by atoms with Crippen molar-refractivity contribution >= 4 is 9.30 Å². The molecule has 0 nitrogen and oxygen atoms in total. The number of rotatable bonds is 0. The summed E-state index contributed by atoms with van der Waals surface area (Å²) in [6.07, 6.45) is 10.0. The molecule has 0 unspecified atom stereocenters. The molecule has 0 aromatic heterocycles. The van der Waals surface area contributed by atoms with Crippen molar-refractivity contribution in [2.45, 2.75) is 6.42 Å². The van der Waals surface area contributed by atoms with Gasteiger partial charge in [-0.2, -0.15) is 6.08 Å². The standard InChI is InChI=1S/C5H5.ClH.Ti/c1-2-4-5-3-1;;/h1-3H,4H2;1H;/q-1;;+2/p-1. The summed E-state index contributed by atoms with van der Waals surface area (Å²) in [5.74, 6) is 0. The molecule has 0 N–H and O–H groups in total. The molecule has 0 aliphatic heterocycles. The Morgan fingerprint density at radius 3 is 2.43 bits per heavy atom. The third-order valence-corrected chi connectivity index (χ3v) is 0.586. The van der Waals surface area contributed by atoms with Crippen LogP contribution >= 0.6 is 9.30 Å². The van der Waals surface area contributed by atoms with Gasteiger partial charge in [0.2, 0.25) is 0 Å². The molecule has 0 bridgehead atoms. The predicted molar refractivity (Wildman–Crippen MR) is 27.4 cm³/mol. The van der Waals surface area contributed by atoms with Crippen LogP contribution in [0.25, 0.3) is 0 Å². The van der Waals surface area contributed by atoms with Crippen LogP contribution in [-0.2, 0) is 19.4 Å². The quantitative estimate of drug-likeness (QED) is 0.364. The molecule has 1 aliphatic rings. The van der Waals surface area contributed by atoms with Crippen LogP contribution < -0.4 is 0 Å². The average Bonchev–Trinajstić information content (AvgIpc) is 2.23. The summed E-state index contributed by atoms with van der Waals surface area (Å²) < 4.78 is 0. The van der Waals surface area contributed by atoms with Crippen molar-refractivity contribution in [2.75, 3.05) is 0 Å². The summed E-state index contributed by atoms with van der Waals surface area (Å²) in [6.45, 7) is 0. The van der Waals surface area contributed by atoms with E-state index in [2.05, 4.69) is 21.5 Å². The van der Waals surface area contributed by atoms with Gasteiger partial charge in [0.05, 0.1) is 0 Å². The summed E-state index contributed by atoms with van der Waals surface area (Å²) in [7, 11) is 4.64. The molecule has 0 radical (unpaired) electrons. The van der Waals surface area contributed by atoms with E-state index in [1.54, 1.807) is 0 Å². The van der Waals surface area contributed by atoms with Crippen LogP contribution in [0.15, 0.2) is 18.2 Å². The molecule has 1 rings (SSSR count). The van der Waals surface area contributed by atoms with Crippen LogP contribution in [0, 0.1) is 6.08 Å². The Morgan fingerprint density at radius 1 is 1.57 bits per heavy atom. The Morgan fingerprint density at radius 2 is 2.29 bits per heavy atom. The number of hydrogen-bond acceptors (Lipinski definition) is 0. The van der Waals surface area contributed by atoms with Crippen LogP contribution in [0.3, 0.4) is 0 Å². The molecule has 0 heterocycles. The molecule has 0 spiro atoms. The average molecular weight is 148 g/mol. The van der Waals surface area contributed by atoms with Gasteiger partial charge >= 0.3 is 28.7 Å². The fourth-order valence-corrected chi connectivity index (χ4v) is 0.340. The van der Waals surface area contributed by atoms with Gasteiger partial charge in [0.1, 0.15) is 0 Å². The van der Waals surface area contributed by atoms with E-state index in [0.29, 0.717) is 0 Å². The summed E-state index contributed by atoms with van der Waals surface area (Å²) in [5.41, 5.74) is 0. The van der Waals surface area contributed by atoms with Gasteiger partial charge < -0.3 is 0 Å². The molecule has 0 fully saturated rings. The van der Waals surface area contributed by atoms with Gasteiger partial charge in [0, 0.05) is 0 Å². The van der Waals surface area contributed by atoms with E-state index >= 15 is 0 Å². The molecule has 0 aromatic rings. The zero-order chi connectivity index (χ0) is 5.54. The Hall–Kier alpha value is 0.484. The van der Waals surface area contributed by atoms with Crippen LogP contribution in [-0.4, -0.2) is 0 Å². The Bertz CT molecular complexity index is 66.1. The summed E-state index contributed by atoms with van der Waals surface area (Å²) >= 11 is 1.47. The molecule has 2 heteroatoms. The van der Waals surface area contributed by atoms with Crippen molar-refractivity contribution in [3.05, 3.63) is 24.3 Å². The van der Waals surface area contributed by atoms with E-state index in [0.717, 1.165) is 6.42 Å². The monoisotopic (exact) mass is 148 g/mol. The molecule has 0 atom stereocenters. The maximum atomic E-state index is 4.64. The van der Waals surface area contributed by atoms with E-state index in [9.17, 15) is 0 Å². The SMILES string of the molecule is [C-]1=CC=CC1.[Cl][Ti+]. The predicted octanol–water partition coefficient (Wildman–Crippen LogP) is 1.99. The van der Waals surface area contributed by atoms with Crippen molar-refractivity contribution < 1.29 is 19.4 Å². The maximum absolute atomic E-state index is 4.64. The molecular formula is C5H5ClTi. The third-order valence-electron chi connectivity index (χ3n) is 0.586. The van der Waals surface area contributed by atoms with E-state index in [1.165, 1.54) is 19.4 Å². The molecular weight excluding hydrogens is 143 g/mol. The molecule has 0 saturated heterocycles. The summed E-state index contributed by atoms with van der Waals surface area (Å²) in [6, 6.07) is 0. The topological polar surface area (TPSA) is 0 Å². The normalized spacial score (nSPS) is 13.1. The van der Waals surface area contributed by atoms with E-state index in [4.69, 9.17) is 0 Å². The Labute approximate surface area is 59.5 Å². The fraction of sp³-hybridized carbons (Fsp3) is 0.200. The molecule has 1 aliphatic carbocycles. The van der Waals surface area contributed by atoms with Crippen molar-refractivity contribution in [2.24, 2.45) is 0 Å². The van der Waals surface area contributed by atoms with Gasteiger partial charge in [0.15, 0.2) is 0 Å². The van der Waals surface area contributed by atoms with Gasteiger partial charge in [-0.1, -0.05) is 0 Å². The van der Waals surface area contributed by atoms with Crippen LogP contribution in [0.5, 0.6) is 0 Å².